The Bertz CT molecular complexity index is 191. The molecule has 0 amide bonds. The fourth-order valence-corrected chi connectivity index (χ4v) is 0.306. The third-order valence-corrected chi connectivity index (χ3v) is 0.798. The molecule has 0 radical (unpaired) electrons. The molecule has 0 fully saturated rings. The van der Waals surface area contributed by atoms with Gasteiger partial charge in [-0.05, 0) is 20.8 Å². The van der Waals surface area contributed by atoms with E-state index in [2.05, 4.69) is 4.74 Å². The highest BCUT2D eigenvalue weighted by molar-refractivity contribution is 7.45. The van der Waals surface area contributed by atoms with Crippen LogP contribution in [0.25, 0.3) is 0 Å². The topological polar surface area (TPSA) is 104 Å². The second kappa shape index (κ2) is 5.34. The van der Waals surface area contributed by atoms with Crippen LogP contribution in [-0.4, -0.2) is 27.8 Å². The Morgan fingerprint density at radius 3 is 1.46 bits per heavy atom. The fraction of sp³-hybridized carbons (Fsp3) is 0.833. The molecule has 0 aliphatic heterocycles. The lowest BCUT2D eigenvalue weighted by atomic mass is 9.98. The molecule has 0 aliphatic rings. The predicted octanol–water partition coefficient (Wildman–Crippen LogP) is 0.277. The summed E-state index contributed by atoms with van der Waals surface area (Å²) in [5.41, 5.74) is -0.352. The molecule has 6 nitrogen and oxygen atoms in total. The molecule has 3 N–H and O–H groups in total. The predicted molar refractivity (Wildman–Crippen MR) is 45.7 cm³/mol. The first-order chi connectivity index (χ1) is 5.48. The molecule has 0 saturated heterocycles. The molecule has 0 aromatic carbocycles. The third kappa shape index (κ3) is 18.5. The van der Waals surface area contributed by atoms with Crippen LogP contribution in [0.5, 0.6) is 0 Å². The van der Waals surface area contributed by atoms with Gasteiger partial charge in [0.2, 0.25) is 0 Å². The number of phosphoric acid groups is 1. The first kappa shape index (κ1) is 15.1. The molecule has 0 spiro atoms. The minimum atomic E-state index is -4.64. The van der Waals surface area contributed by atoms with Gasteiger partial charge in [-0.1, -0.05) is 0 Å². The molecule has 80 valence electrons. The van der Waals surface area contributed by atoms with E-state index in [9.17, 15) is 4.79 Å². The van der Waals surface area contributed by atoms with Crippen LogP contribution in [0.4, 0.5) is 0 Å². The lowest BCUT2D eigenvalue weighted by molar-refractivity contribution is -0.149. The number of hydrogen-bond donors (Lipinski definition) is 3. The molecule has 0 saturated carbocycles. The van der Waals surface area contributed by atoms with E-state index in [0.717, 1.165) is 0 Å². The first-order valence-electron chi connectivity index (χ1n) is 3.35. The van der Waals surface area contributed by atoms with Crippen LogP contribution in [0.15, 0.2) is 0 Å². The number of carbonyl (C=O) groups is 1. The molecule has 0 aliphatic carbocycles. The second-order valence-corrected chi connectivity index (χ2v) is 4.28. The number of rotatable bonds is 0. The highest BCUT2D eigenvalue weighted by Gasteiger charge is 2.21. The van der Waals surface area contributed by atoms with Gasteiger partial charge in [0.15, 0.2) is 0 Å². The van der Waals surface area contributed by atoms with Crippen molar-refractivity contribution in [3.63, 3.8) is 0 Å². The van der Waals surface area contributed by atoms with Crippen LogP contribution in [0, 0.1) is 5.41 Å². The van der Waals surface area contributed by atoms with Crippen LogP contribution >= 0.6 is 7.82 Å². The normalized spacial score (nSPS) is 11.3. The van der Waals surface area contributed by atoms with Crippen LogP contribution in [0.3, 0.4) is 0 Å². The lowest BCUT2D eigenvalue weighted by Crippen LogP contribution is -2.21. The fourth-order valence-electron chi connectivity index (χ4n) is 0.306. The summed E-state index contributed by atoms with van der Waals surface area (Å²) in [5, 5.41) is 0. The quantitative estimate of drug-likeness (QED) is 0.395. The van der Waals surface area contributed by atoms with Crippen molar-refractivity contribution >= 4 is 13.8 Å². The number of carbonyl (C=O) groups excluding carboxylic acids is 1. The van der Waals surface area contributed by atoms with E-state index >= 15 is 0 Å². The summed E-state index contributed by atoms with van der Waals surface area (Å²) >= 11 is 0. The molecule has 0 aromatic heterocycles. The highest BCUT2D eigenvalue weighted by atomic mass is 31.2. The maximum Gasteiger partial charge on any atom is 0.466 e. The highest BCUT2D eigenvalue weighted by Crippen LogP contribution is 2.25. The van der Waals surface area contributed by atoms with Crippen molar-refractivity contribution in [2.75, 3.05) is 7.11 Å². The lowest BCUT2D eigenvalue weighted by Gasteiger charge is -2.13. The monoisotopic (exact) mass is 214 g/mol. The Morgan fingerprint density at radius 1 is 1.23 bits per heavy atom. The van der Waals surface area contributed by atoms with Crippen molar-refractivity contribution in [2.24, 2.45) is 5.41 Å². The van der Waals surface area contributed by atoms with E-state index in [1.807, 2.05) is 20.8 Å². The van der Waals surface area contributed by atoms with Gasteiger partial charge in [0.25, 0.3) is 0 Å². The average molecular weight is 214 g/mol. The summed E-state index contributed by atoms with van der Waals surface area (Å²) in [4.78, 5) is 32.2. The van der Waals surface area contributed by atoms with Gasteiger partial charge in [0.1, 0.15) is 0 Å². The van der Waals surface area contributed by atoms with Crippen LogP contribution in [0.1, 0.15) is 20.8 Å². The third-order valence-electron chi connectivity index (χ3n) is 0.798. The van der Waals surface area contributed by atoms with Gasteiger partial charge in [-0.2, -0.15) is 0 Å². The zero-order valence-corrected chi connectivity index (χ0v) is 8.91. The van der Waals surface area contributed by atoms with Gasteiger partial charge in [0.05, 0.1) is 12.5 Å². The minimum absolute atomic E-state index is 0.169. The zero-order chi connectivity index (χ0) is 11.3. The van der Waals surface area contributed by atoms with Crippen molar-refractivity contribution in [3.05, 3.63) is 0 Å². The summed E-state index contributed by atoms with van der Waals surface area (Å²) in [6, 6.07) is 0. The van der Waals surface area contributed by atoms with Crippen molar-refractivity contribution in [2.45, 2.75) is 20.8 Å². The van der Waals surface area contributed by atoms with Gasteiger partial charge < -0.3 is 19.4 Å². The average Bonchev–Trinajstić information content (AvgIpc) is 1.80. The van der Waals surface area contributed by atoms with E-state index in [1.54, 1.807) is 0 Å². The van der Waals surface area contributed by atoms with E-state index in [4.69, 9.17) is 19.2 Å². The van der Waals surface area contributed by atoms with Gasteiger partial charge in [-0.15, -0.1) is 0 Å². The number of ether oxygens (including phenoxy) is 1. The van der Waals surface area contributed by atoms with Crippen LogP contribution < -0.4 is 0 Å². The van der Waals surface area contributed by atoms with E-state index < -0.39 is 7.82 Å². The molecule has 7 heteroatoms. The SMILES string of the molecule is COC(=O)C(C)(C)C.O=P(O)(O)O. The molecular formula is C6H15O6P. The van der Waals surface area contributed by atoms with E-state index in [1.165, 1.54) is 7.11 Å². The van der Waals surface area contributed by atoms with Gasteiger partial charge in [0, 0.05) is 0 Å². The van der Waals surface area contributed by atoms with Gasteiger partial charge in [-0.3, -0.25) is 4.79 Å². The minimum Gasteiger partial charge on any atom is -0.469 e. The summed E-state index contributed by atoms with van der Waals surface area (Å²) in [7, 11) is -3.24. The summed E-state index contributed by atoms with van der Waals surface area (Å²) < 4.78 is 13.4. The van der Waals surface area contributed by atoms with Crippen LogP contribution in [-0.2, 0) is 14.1 Å². The molecule has 0 unspecified atom stereocenters. The maximum atomic E-state index is 10.6. The molecule has 0 aromatic rings. The van der Waals surface area contributed by atoms with E-state index in [-0.39, 0.29) is 11.4 Å². The Labute approximate surface area is 76.8 Å². The number of hydrogen-bond acceptors (Lipinski definition) is 3. The standard InChI is InChI=1S/C6H12O2.H3O4P/c1-6(2,3)5(7)8-4;1-5(2,3)4/h1-4H3;(H3,1,2,3,4). The molecular weight excluding hydrogens is 199 g/mol. The van der Waals surface area contributed by atoms with Crippen molar-refractivity contribution in [1.29, 1.82) is 0 Å². The molecule has 0 atom stereocenters. The molecule has 0 bridgehead atoms. The second-order valence-electron chi connectivity index (χ2n) is 3.25. The summed E-state index contributed by atoms with van der Waals surface area (Å²) in [5.74, 6) is -0.169. The summed E-state index contributed by atoms with van der Waals surface area (Å²) in [6.45, 7) is 5.45. The van der Waals surface area contributed by atoms with Crippen molar-refractivity contribution in [1.82, 2.24) is 0 Å². The Balaban J connectivity index is 0. The Morgan fingerprint density at radius 2 is 1.46 bits per heavy atom. The van der Waals surface area contributed by atoms with Gasteiger partial charge >= 0.3 is 13.8 Å². The van der Waals surface area contributed by atoms with Crippen LogP contribution in [0.2, 0.25) is 0 Å². The zero-order valence-electron chi connectivity index (χ0n) is 8.01. The first-order valence-corrected chi connectivity index (χ1v) is 4.91. The number of esters is 1. The Hall–Kier alpha value is -0.420. The van der Waals surface area contributed by atoms with Crippen molar-refractivity contribution < 1.29 is 28.8 Å². The van der Waals surface area contributed by atoms with E-state index in [0.29, 0.717) is 0 Å². The largest absolute Gasteiger partial charge is 0.469 e. The molecule has 13 heavy (non-hydrogen) atoms. The van der Waals surface area contributed by atoms with Crippen molar-refractivity contribution in [3.8, 4) is 0 Å². The van der Waals surface area contributed by atoms with Gasteiger partial charge in [-0.25, -0.2) is 4.57 Å². The smallest absolute Gasteiger partial charge is 0.466 e. The molecule has 0 heterocycles. The Kier molecular flexibility index (Phi) is 6.19. The summed E-state index contributed by atoms with van der Waals surface area (Å²) in [6.07, 6.45) is 0. The molecule has 0 rings (SSSR count). The maximum absolute atomic E-state index is 10.6. The number of methoxy groups -OCH3 is 1.